The van der Waals surface area contributed by atoms with Gasteiger partial charge in [0.2, 0.25) is 5.91 Å². The van der Waals surface area contributed by atoms with Gasteiger partial charge in [-0.3, -0.25) is 14.2 Å². The molecule has 0 radical (unpaired) electrons. The summed E-state index contributed by atoms with van der Waals surface area (Å²) < 4.78 is 3.72. The highest BCUT2D eigenvalue weighted by molar-refractivity contribution is 5.85. The van der Waals surface area contributed by atoms with Crippen LogP contribution in [0, 0.1) is 0 Å². The lowest BCUT2D eigenvalue weighted by Crippen LogP contribution is -2.45. The van der Waals surface area contributed by atoms with Crippen molar-refractivity contribution in [2.45, 2.75) is 19.5 Å². The molecule has 9 nitrogen and oxygen atoms in total. The Morgan fingerprint density at radius 1 is 1.35 bits per heavy atom. The number of fused-ring (bicyclic) bond motifs is 1. The van der Waals surface area contributed by atoms with E-state index in [4.69, 9.17) is 0 Å². The molecule has 0 spiro atoms. The highest BCUT2D eigenvalue weighted by Gasteiger charge is 2.16. The van der Waals surface area contributed by atoms with Crippen molar-refractivity contribution in [2.75, 3.05) is 13.6 Å². The summed E-state index contributed by atoms with van der Waals surface area (Å²) in [5.74, 6) is -0.386. The van der Waals surface area contributed by atoms with Gasteiger partial charge in [0.15, 0.2) is 11.2 Å². The first-order valence-electron chi connectivity index (χ1n) is 6.91. The lowest BCUT2D eigenvalue weighted by Gasteiger charge is -2.12. The van der Waals surface area contributed by atoms with Crippen molar-refractivity contribution in [3.63, 3.8) is 0 Å². The SMILES string of the molecule is CNC(C)CNC(=O)Cn1c(=O)c2c(ncn2C)n(C)c1=O.Cl. The quantitative estimate of drug-likeness (QED) is 0.693. The minimum atomic E-state index is -0.562. The average Bonchev–Trinajstić information content (AvgIpc) is 2.89. The second-order valence-corrected chi connectivity index (χ2v) is 5.25. The van der Waals surface area contributed by atoms with Gasteiger partial charge in [-0.15, -0.1) is 12.4 Å². The van der Waals surface area contributed by atoms with Crippen molar-refractivity contribution in [3.05, 3.63) is 27.2 Å². The van der Waals surface area contributed by atoms with Crippen molar-refractivity contribution in [3.8, 4) is 0 Å². The highest BCUT2D eigenvalue weighted by Crippen LogP contribution is 2.02. The highest BCUT2D eigenvalue weighted by atomic mass is 35.5. The van der Waals surface area contributed by atoms with Crippen molar-refractivity contribution >= 4 is 29.5 Å². The summed E-state index contributed by atoms with van der Waals surface area (Å²) in [5, 5.41) is 5.66. The third kappa shape index (κ3) is 3.62. The first-order chi connectivity index (χ1) is 10.4. The third-order valence-electron chi connectivity index (χ3n) is 3.60. The first kappa shape index (κ1) is 18.9. The first-order valence-corrected chi connectivity index (χ1v) is 6.91. The number of nitrogens with zero attached hydrogens (tertiary/aromatic N) is 4. The second kappa shape index (κ2) is 7.42. The molecule has 0 aliphatic heterocycles. The second-order valence-electron chi connectivity index (χ2n) is 5.25. The van der Waals surface area contributed by atoms with Gasteiger partial charge in [0.05, 0.1) is 6.33 Å². The Kier molecular flexibility index (Phi) is 6.11. The topological polar surface area (TPSA) is 103 Å². The molecule has 0 aliphatic rings. The number of carbonyl (C=O) groups is 1. The minimum Gasteiger partial charge on any atom is -0.353 e. The normalized spacial score (nSPS) is 12.0. The molecule has 0 saturated heterocycles. The molecule has 0 aliphatic carbocycles. The van der Waals surface area contributed by atoms with Crippen LogP contribution < -0.4 is 21.9 Å². The fourth-order valence-electron chi connectivity index (χ4n) is 2.10. The number of amides is 1. The summed E-state index contributed by atoms with van der Waals surface area (Å²) in [5.41, 5.74) is -0.487. The van der Waals surface area contributed by atoms with Gasteiger partial charge in [-0.1, -0.05) is 0 Å². The molecule has 0 aromatic carbocycles. The number of rotatable bonds is 5. The molecule has 2 heterocycles. The molecule has 2 rings (SSSR count). The number of aromatic nitrogens is 4. The van der Waals surface area contributed by atoms with E-state index in [1.807, 2.05) is 6.92 Å². The fourth-order valence-corrected chi connectivity index (χ4v) is 2.10. The largest absolute Gasteiger partial charge is 0.353 e. The number of hydrogen-bond acceptors (Lipinski definition) is 5. The van der Waals surface area contributed by atoms with Gasteiger partial charge >= 0.3 is 5.69 Å². The van der Waals surface area contributed by atoms with Crippen molar-refractivity contribution in [1.82, 2.24) is 29.3 Å². The van der Waals surface area contributed by atoms with Gasteiger partial charge in [0.1, 0.15) is 6.54 Å². The Balaban J connectivity index is 0.00000264. The van der Waals surface area contributed by atoms with Gasteiger partial charge in [-0.2, -0.15) is 0 Å². The Morgan fingerprint density at radius 2 is 2.00 bits per heavy atom. The van der Waals surface area contributed by atoms with Crippen LogP contribution >= 0.6 is 12.4 Å². The lowest BCUT2D eigenvalue weighted by molar-refractivity contribution is -0.121. The number of likely N-dealkylation sites (N-methyl/N-ethyl adjacent to an activating group) is 1. The molecule has 2 N–H and O–H groups in total. The van der Waals surface area contributed by atoms with Crippen LogP contribution in [0.5, 0.6) is 0 Å². The molecule has 1 atom stereocenters. The maximum absolute atomic E-state index is 12.4. The number of hydrogen-bond donors (Lipinski definition) is 2. The standard InChI is InChI=1S/C13H20N6O3.ClH/c1-8(14-2)5-15-9(20)6-19-12(21)10-11(16-7-17(10)3)18(4)13(19)22;/h7-8,14H,5-6H2,1-4H3,(H,15,20);1H. The molecule has 23 heavy (non-hydrogen) atoms. The molecule has 0 saturated carbocycles. The summed E-state index contributed by atoms with van der Waals surface area (Å²) in [4.78, 5) is 40.6. The van der Waals surface area contributed by atoms with E-state index in [9.17, 15) is 14.4 Å². The molecule has 128 valence electrons. The monoisotopic (exact) mass is 344 g/mol. The summed E-state index contributed by atoms with van der Waals surface area (Å²) in [6.45, 7) is 2.01. The van der Waals surface area contributed by atoms with Crippen LogP contribution in [0.25, 0.3) is 11.2 Å². The van der Waals surface area contributed by atoms with Gasteiger partial charge in [0.25, 0.3) is 5.56 Å². The zero-order valence-corrected chi connectivity index (χ0v) is 14.3. The zero-order valence-electron chi connectivity index (χ0n) is 13.5. The molecule has 0 bridgehead atoms. The van der Waals surface area contributed by atoms with Crippen LogP contribution in [-0.4, -0.2) is 44.2 Å². The Morgan fingerprint density at radius 3 is 2.61 bits per heavy atom. The zero-order chi connectivity index (χ0) is 16.4. The number of aryl methyl sites for hydroxylation is 2. The van der Waals surface area contributed by atoms with E-state index in [-0.39, 0.29) is 30.9 Å². The summed E-state index contributed by atoms with van der Waals surface area (Å²) in [6, 6.07) is 0.100. The van der Waals surface area contributed by atoms with E-state index in [1.165, 1.54) is 22.5 Å². The van der Waals surface area contributed by atoms with Gasteiger partial charge in [0, 0.05) is 26.7 Å². The molecular weight excluding hydrogens is 324 g/mol. The number of halogens is 1. The van der Waals surface area contributed by atoms with Crippen LogP contribution in [0.4, 0.5) is 0 Å². The molecule has 2 aromatic heterocycles. The maximum Gasteiger partial charge on any atom is 0.332 e. The van der Waals surface area contributed by atoms with Crippen LogP contribution in [0.1, 0.15) is 6.92 Å². The number of carbonyl (C=O) groups excluding carboxylic acids is 1. The van der Waals surface area contributed by atoms with E-state index >= 15 is 0 Å². The van der Waals surface area contributed by atoms with Gasteiger partial charge in [-0.25, -0.2) is 14.3 Å². The van der Waals surface area contributed by atoms with E-state index in [0.717, 1.165) is 4.57 Å². The molecule has 0 fully saturated rings. The van der Waals surface area contributed by atoms with Crippen LogP contribution in [0.2, 0.25) is 0 Å². The molecular formula is C13H21ClN6O3. The molecule has 2 aromatic rings. The van der Waals surface area contributed by atoms with Gasteiger partial charge < -0.3 is 15.2 Å². The van der Waals surface area contributed by atoms with E-state index in [1.54, 1.807) is 14.1 Å². The third-order valence-corrected chi connectivity index (χ3v) is 3.60. The van der Waals surface area contributed by atoms with Crippen molar-refractivity contribution < 1.29 is 4.79 Å². The molecule has 1 amide bonds. The molecule has 1 unspecified atom stereocenters. The summed E-state index contributed by atoms with van der Waals surface area (Å²) >= 11 is 0. The Hall–Kier alpha value is -2.13. The van der Waals surface area contributed by atoms with E-state index in [0.29, 0.717) is 17.7 Å². The predicted octanol–water partition coefficient (Wildman–Crippen LogP) is -1.42. The summed E-state index contributed by atoms with van der Waals surface area (Å²) in [6.07, 6.45) is 1.46. The smallest absolute Gasteiger partial charge is 0.332 e. The van der Waals surface area contributed by atoms with Gasteiger partial charge in [-0.05, 0) is 14.0 Å². The predicted molar refractivity (Wildman–Crippen MR) is 89.0 cm³/mol. The minimum absolute atomic E-state index is 0. The van der Waals surface area contributed by atoms with E-state index in [2.05, 4.69) is 15.6 Å². The molecule has 10 heteroatoms. The number of imidazole rings is 1. The van der Waals surface area contributed by atoms with Crippen molar-refractivity contribution in [1.29, 1.82) is 0 Å². The van der Waals surface area contributed by atoms with Crippen LogP contribution in [0.3, 0.4) is 0 Å². The lowest BCUT2D eigenvalue weighted by atomic mass is 10.3. The fraction of sp³-hybridized carbons (Fsp3) is 0.538. The van der Waals surface area contributed by atoms with Crippen LogP contribution in [0.15, 0.2) is 15.9 Å². The average molecular weight is 345 g/mol. The number of nitrogens with one attached hydrogen (secondary N) is 2. The maximum atomic E-state index is 12.4. The van der Waals surface area contributed by atoms with Crippen molar-refractivity contribution in [2.24, 2.45) is 14.1 Å². The summed E-state index contributed by atoms with van der Waals surface area (Å²) in [7, 11) is 4.97. The van der Waals surface area contributed by atoms with Crippen LogP contribution in [-0.2, 0) is 25.4 Å². The Labute approximate surface area is 138 Å². The van der Waals surface area contributed by atoms with E-state index < -0.39 is 11.2 Å². The Bertz CT molecular complexity index is 821.